The second kappa shape index (κ2) is 6.18. The molecule has 0 saturated heterocycles. The van der Waals surface area contributed by atoms with Gasteiger partial charge in [0.1, 0.15) is 0 Å². The predicted molar refractivity (Wildman–Crippen MR) is 78.1 cm³/mol. The lowest BCUT2D eigenvalue weighted by Crippen LogP contribution is -2.28. The van der Waals surface area contributed by atoms with Gasteiger partial charge in [-0.2, -0.15) is 0 Å². The van der Waals surface area contributed by atoms with Crippen molar-refractivity contribution < 1.29 is 5.11 Å². The fraction of sp³-hybridized carbons (Fsp3) is 0.733. The van der Waals surface area contributed by atoms with Crippen LogP contribution in [-0.4, -0.2) is 18.3 Å². The first-order chi connectivity index (χ1) is 8.61. The number of hydrogen-bond donors (Lipinski definition) is 2. The second-order valence-electron chi connectivity index (χ2n) is 5.63. The van der Waals surface area contributed by atoms with Crippen LogP contribution in [0.3, 0.4) is 0 Å². The van der Waals surface area contributed by atoms with Gasteiger partial charge < -0.3 is 10.4 Å². The van der Waals surface area contributed by atoms with Gasteiger partial charge >= 0.3 is 0 Å². The summed E-state index contributed by atoms with van der Waals surface area (Å²) in [5.41, 5.74) is 1.44. The number of aryl methyl sites for hydroxylation is 2. The highest BCUT2D eigenvalue weighted by molar-refractivity contribution is 7.12. The summed E-state index contributed by atoms with van der Waals surface area (Å²) in [4.78, 5) is 2.82. The van der Waals surface area contributed by atoms with Crippen molar-refractivity contribution in [3.63, 3.8) is 0 Å². The topological polar surface area (TPSA) is 32.3 Å². The van der Waals surface area contributed by atoms with E-state index in [1.807, 2.05) is 11.3 Å². The van der Waals surface area contributed by atoms with Crippen molar-refractivity contribution in [2.24, 2.45) is 11.8 Å². The van der Waals surface area contributed by atoms with Crippen LogP contribution in [0.25, 0.3) is 0 Å². The Bertz CT molecular complexity index is 388. The molecule has 18 heavy (non-hydrogen) atoms. The third kappa shape index (κ3) is 3.14. The maximum absolute atomic E-state index is 9.34. The minimum absolute atomic E-state index is 0.358. The van der Waals surface area contributed by atoms with Gasteiger partial charge in [0.2, 0.25) is 0 Å². The van der Waals surface area contributed by atoms with Crippen LogP contribution in [-0.2, 0) is 0 Å². The van der Waals surface area contributed by atoms with Crippen molar-refractivity contribution in [1.29, 1.82) is 0 Å². The molecule has 102 valence electrons. The smallest absolute Gasteiger partial charge is 0.0462 e. The molecule has 0 radical (unpaired) electrons. The van der Waals surface area contributed by atoms with E-state index in [1.165, 1.54) is 34.6 Å². The molecule has 0 aliphatic heterocycles. The minimum atomic E-state index is 0.358. The Morgan fingerprint density at radius 1 is 1.39 bits per heavy atom. The van der Waals surface area contributed by atoms with Crippen molar-refractivity contribution in [2.75, 3.05) is 13.2 Å². The Morgan fingerprint density at radius 3 is 2.72 bits per heavy atom. The predicted octanol–water partition coefficient (Wildman–Crippen LogP) is 3.42. The van der Waals surface area contributed by atoms with E-state index < -0.39 is 0 Å². The summed E-state index contributed by atoms with van der Waals surface area (Å²) in [7, 11) is 0. The molecule has 1 aliphatic rings. The van der Waals surface area contributed by atoms with E-state index in [4.69, 9.17) is 0 Å². The molecule has 1 aromatic heterocycles. The molecule has 3 atom stereocenters. The van der Waals surface area contributed by atoms with Crippen LogP contribution >= 0.6 is 11.3 Å². The van der Waals surface area contributed by atoms with Gasteiger partial charge in [-0.1, -0.05) is 6.42 Å². The van der Waals surface area contributed by atoms with E-state index in [9.17, 15) is 5.11 Å². The van der Waals surface area contributed by atoms with Gasteiger partial charge in [-0.15, -0.1) is 11.3 Å². The third-order valence-electron chi connectivity index (χ3n) is 4.28. The Kier molecular flexibility index (Phi) is 4.82. The first kappa shape index (κ1) is 14.0. The molecule has 1 saturated carbocycles. The number of nitrogens with one attached hydrogen (secondary N) is 1. The fourth-order valence-electron chi connectivity index (χ4n) is 3.14. The Morgan fingerprint density at radius 2 is 2.11 bits per heavy atom. The zero-order chi connectivity index (χ0) is 13.1. The van der Waals surface area contributed by atoms with Crippen LogP contribution in [0.5, 0.6) is 0 Å². The highest BCUT2D eigenvalue weighted by Crippen LogP contribution is 2.32. The van der Waals surface area contributed by atoms with Gasteiger partial charge in [0.15, 0.2) is 0 Å². The quantitative estimate of drug-likeness (QED) is 0.856. The number of thiophene rings is 1. The van der Waals surface area contributed by atoms with Gasteiger partial charge in [0, 0.05) is 22.4 Å². The van der Waals surface area contributed by atoms with Crippen LogP contribution < -0.4 is 5.32 Å². The molecule has 1 heterocycles. The molecule has 0 aromatic carbocycles. The fourth-order valence-corrected chi connectivity index (χ4v) is 4.16. The summed E-state index contributed by atoms with van der Waals surface area (Å²) in [6.45, 7) is 8.03. The van der Waals surface area contributed by atoms with Gasteiger partial charge in [0.05, 0.1) is 0 Å². The molecule has 1 fully saturated rings. The number of aliphatic hydroxyl groups is 1. The summed E-state index contributed by atoms with van der Waals surface area (Å²) < 4.78 is 0. The van der Waals surface area contributed by atoms with Crippen LogP contribution in [0.2, 0.25) is 0 Å². The average molecular weight is 267 g/mol. The molecule has 1 aromatic rings. The van der Waals surface area contributed by atoms with E-state index in [0.717, 1.165) is 6.54 Å². The lowest BCUT2D eigenvalue weighted by Gasteiger charge is -2.21. The maximum Gasteiger partial charge on any atom is 0.0462 e. The molecule has 1 aliphatic carbocycles. The molecule has 3 heteroatoms. The normalized spacial score (nSPS) is 25.6. The van der Waals surface area contributed by atoms with Gasteiger partial charge in [-0.05, 0) is 63.6 Å². The van der Waals surface area contributed by atoms with E-state index in [-0.39, 0.29) is 0 Å². The van der Waals surface area contributed by atoms with Crippen molar-refractivity contribution in [2.45, 2.75) is 46.1 Å². The van der Waals surface area contributed by atoms with Crippen molar-refractivity contribution in [1.82, 2.24) is 5.32 Å². The van der Waals surface area contributed by atoms with Crippen LogP contribution in [0.15, 0.2) is 6.07 Å². The first-order valence-corrected chi connectivity index (χ1v) is 7.84. The minimum Gasteiger partial charge on any atom is -0.396 e. The molecule has 2 nitrogen and oxygen atoms in total. The van der Waals surface area contributed by atoms with Crippen LogP contribution in [0.4, 0.5) is 0 Å². The maximum atomic E-state index is 9.34. The molecule has 3 unspecified atom stereocenters. The largest absolute Gasteiger partial charge is 0.396 e. The Labute approximate surface area is 114 Å². The first-order valence-electron chi connectivity index (χ1n) is 7.03. The van der Waals surface area contributed by atoms with E-state index >= 15 is 0 Å². The zero-order valence-corrected chi connectivity index (χ0v) is 12.5. The molecule has 2 rings (SSSR count). The standard InChI is InChI=1S/C15H25NOS/c1-10-7-15(12(3)18-10)11(2)16-8-13-5-4-6-14(13)9-17/h7,11,13-14,16-17H,4-6,8-9H2,1-3H3. The van der Waals surface area contributed by atoms with Gasteiger partial charge in [-0.3, -0.25) is 0 Å². The van der Waals surface area contributed by atoms with Crippen LogP contribution in [0.1, 0.15) is 47.5 Å². The van der Waals surface area contributed by atoms with Gasteiger partial charge in [-0.25, -0.2) is 0 Å². The summed E-state index contributed by atoms with van der Waals surface area (Å²) in [6.07, 6.45) is 3.75. The SMILES string of the molecule is Cc1cc(C(C)NCC2CCCC2CO)c(C)s1. The Hall–Kier alpha value is -0.380. The lowest BCUT2D eigenvalue weighted by atomic mass is 9.96. The lowest BCUT2D eigenvalue weighted by molar-refractivity contribution is 0.190. The van der Waals surface area contributed by atoms with E-state index in [2.05, 4.69) is 32.2 Å². The summed E-state index contributed by atoms with van der Waals surface area (Å²) in [5, 5.41) is 13.0. The highest BCUT2D eigenvalue weighted by atomic mass is 32.1. The second-order valence-corrected chi connectivity index (χ2v) is 7.09. The average Bonchev–Trinajstić information content (AvgIpc) is 2.92. The van der Waals surface area contributed by atoms with E-state index in [1.54, 1.807) is 0 Å². The summed E-state index contributed by atoms with van der Waals surface area (Å²) >= 11 is 1.88. The van der Waals surface area contributed by atoms with Crippen molar-refractivity contribution in [3.05, 3.63) is 21.4 Å². The van der Waals surface area contributed by atoms with Gasteiger partial charge in [0.25, 0.3) is 0 Å². The molecule has 0 spiro atoms. The summed E-state index contributed by atoms with van der Waals surface area (Å²) in [6, 6.07) is 2.73. The monoisotopic (exact) mass is 267 g/mol. The zero-order valence-electron chi connectivity index (χ0n) is 11.7. The molecular weight excluding hydrogens is 242 g/mol. The molecular formula is C15H25NOS. The van der Waals surface area contributed by atoms with Crippen molar-refractivity contribution in [3.8, 4) is 0 Å². The highest BCUT2D eigenvalue weighted by Gasteiger charge is 2.26. The van der Waals surface area contributed by atoms with Crippen molar-refractivity contribution >= 4 is 11.3 Å². The molecule has 0 bridgehead atoms. The molecule has 2 N–H and O–H groups in total. The summed E-state index contributed by atoms with van der Waals surface area (Å²) in [5.74, 6) is 1.19. The third-order valence-corrected chi connectivity index (χ3v) is 5.26. The number of rotatable bonds is 5. The Balaban J connectivity index is 1.88. The number of aliphatic hydroxyl groups excluding tert-OH is 1. The van der Waals surface area contributed by atoms with E-state index in [0.29, 0.717) is 24.5 Å². The van der Waals surface area contributed by atoms with Crippen LogP contribution in [0, 0.1) is 25.7 Å². The molecule has 0 amide bonds. The number of hydrogen-bond acceptors (Lipinski definition) is 3.